The average Bonchev–Trinajstić information content (AvgIpc) is 2.73. The van der Waals surface area contributed by atoms with E-state index in [4.69, 9.17) is 5.11 Å². The molecule has 2 unspecified atom stereocenters. The van der Waals surface area contributed by atoms with Crippen LogP contribution in [0.4, 0.5) is 0 Å². The highest BCUT2D eigenvalue weighted by Crippen LogP contribution is 2.24. The minimum atomic E-state index is -1.95. The van der Waals surface area contributed by atoms with Gasteiger partial charge < -0.3 is 15.3 Å². The first-order valence-corrected chi connectivity index (χ1v) is 13.0. The number of carboxylic acids is 1. The maximum Gasteiger partial charge on any atom is 0.306 e. The van der Waals surface area contributed by atoms with Crippen LogP contribution in [-0.4, -0.2) is 38.8 Å². The Kier molecular flexibility index (Phi) is 19.1. The molecule has 2 atom stereocenters. The third kappa shape index (κ3) is 16.4. The summed E-state index contributed by atoms with van der Waals surface area (Å²) in [6.07, 6.45) is 17.6. The SMILES string of the molecule is CCCCCCCCCCCCCCC(O)C(=O)C(O)(CCCCCCC)CC(=O)O. The summed E-state index contributed by atoms with van der Waals surface area (Å²) in [6.45, 7) is 4.34. The molecular weight excluding hydrogens is 392 g/mol. The molecule has 5 heteroatoms. The number of rotatable bonds is 23. The third-order valence-electron chi connectivity index (χ3n) is 6.23. The van der Waals surface area contributed by atoms with Crippen LogP contribution in [0.2, 0.25) is 0 Å². The van der Waals surface area contributed by atoms with Crippen LogP contribution < -0.4 is 0 Å². The van der Waals surface area contributed by atoms with Gasteiger partial charge in [0.15, 0.2) is 5.78 Å². The molecule has 0 aromatic heterocycles. The molecular formula is C26H50O5. The van der Waals surface area contributed by atoms with Crippen molar-refractivity contribution in [3.63, 3.8) is 0 Å². The fourth-order valence-electron chi connectivity index (χ4n) is 4.19. The summed E-state index contributed by atoms with van der Waals surface area (Å²) in [5.41, 5.74) is -1.95. The van der Waals surface area contributed by atoms with Crippen molar-refractivity contribution in [2.24, 2.45) is 0 Å². The predicted octanol–water partition coefficient (Wildman–Crippen LogP) is 6.57. The van der Waals surface area contributed by atoms with E-state index in [0.717, 1.165) is 44.9 Å². The number of aliphatic hydroxyl groups excluding tert-OH is 1. The zero-order valence-corrected chi connectivity index (χ0v) is 20.4. The Morgan fingerprint density at radius 1 is 0.677 bits per heavy atom. The van der Waals surface area contributed by atoms with Crippen molar-refractivity contribution in [2.45, 2.75) is 154 Å². The second-order valence-corrected chi connectivity index (χ2v) is 9.32. The van der Waals surface area contributed by atoms with Gasteiger partial charge in [0.1, 0.15) is 11.7 Å². The molecule has 5 nitrogen and oxygen atoms in total. The first-order valence-electron chi connectivity index (χ1n) is 13.0. The lowest BCUT2D eigenvalue weighted by Gasteiger charge is -2.27. The molecule has 0 spiro atoms. The molecule has 0 saturated heterocycles. The highest BCUT2D eigenvalue weighted by molar-refractivity contribution is 5.93. The van der Waals surface area contributed by atoms with Crippen molar-refractivity contribution in [3.8, 4) is 0 Å². The van der Waals surface area contributed by atoms with Crippen LogP contribution in [0.5, 0.6) is 0 Å². The topological polar surface area (TPSA) is 94.8 Å². The molecule has 3 N–H and O–H groups in total. The highest BCUT2D eigenvalue weighted by atomic mass is 16.4. The van der Waals surface area contributed by atoms with E-state index in [1.54, 1.807) is 0 Å². The summed E-state index contributed by atoms with van der Waals surface area (Å²) in [5.74, 6) is -1.92. The van der Waals surface area contributed by atoms with E-state index in [-0.39, 0.29) is 6.42 Å². The second-order valence-electron chi connectivity index (χ2n) is 9.32. The van der Waals surface area contributed by atoms with Gasteiger partial charge in [0, 0.05) is 0 Å². The molecule has 0 aromatic rings. The molecule has 0 heterocycles. The Labute approximate surface area is 191 Å². The molecule has 0 aromatic carbocycles. The van der Waals surface area contributed by atoms with Crippen molar-refractivity contribution < 1.29 is 24.9 Å². The number of hydrogen-bond acceptors (Lipinski definition) is 4. The van der Waals surface area contributed by atoms with Crippen LogP contribution in [-0.2, 0) is 9.59 Å². The van der Waals surface area contributed by atoms with Gasteiger partial charge in [0.25, 0.3) is 0 Å². The van der Waals surface area contributed by atoms with Gasteiger partial charge in [0.2, 0.25) is 0 Å². The molecule has 0 rings (SSSR count). The number of unbranched alkanes of at least 4 members (excludes halogenated alkanes) is 15. The fourth-order valence-corrected chi connectivity index (χ4v) is 4.19. The summed E-state index contributed by atoms with van der Waals surface area (Å²) < 4.78 is 0. The maximum absolute atomic E-state index is 12.6. The van der Waals surface area contributed by atoms with E-state index >= 15 is 0 Å². The summed E-state index contributed by atoms with van der Waals surface area (Å²) in [4.78, 5) is 23.7. The minimum absolute atomic E-state index is 0.108. The van der Waals surface area contributed by atoms with Gasteiger partial charge in [-0.15, -0.1) is 0 Å². The largest absolute Gasteiger partial charge is 0.481 e. The third-order valence-corrected chi connectivity index (χ3v) is 6.23. The van der Waals surface area contributed by atoms with Crippen LogP contribution in [0.25, 0.3) is 0 Å². The van der Waals surface area contributed by atoms with Crippen LogP contribution in [0, 0.1) is 0 Å². The Bertz CT molecular complexity index is 451. The molecule has 0 fully saturated rings. The van der Waals surface area contributed by atoms with E-state index in [1.807, 2.05) is 0 Å². The monoisotopic (exact) mass is 442 g/mol. The Balaban J connectivity index is 4.03. The number of carboxylic acid groups (broad SMARTS) is 1. The molecule has 0 saturated carbocycles. The number of aliphatic hydroxyl groups is 2. The number of ketones is 1. The number of carbonyl (C=O) groups is 2. The summed E-state index contributed by atoms with van der Waals surface area (Å²) in [7, 11) is 0. The van der Waals surface area contributed by atoms with Crippen LogP contribution >= 0.6 is 0 Å². The smallest absolute Gasteiger partial charge is 0.306 e. The van der Waals surface area contributed by atoms with Gasteiger partial charge >= 0.3 is 5.97 Å². The van der Waals surface area contributed by atoms with Gasteiger partial charge in [-0.05, 0) is 12.8 Å². The Hall–Kier alpha value is -0.940. The van der Waals surface area contributed by atoms with Crippen LogP contribution in [0.15, 0.2) is 0 Å². The number of Topliss-reactive ketones (excluding diaryl/α,β-unsaturated/α-hetero) is 1. The van der Waals surface area contributed by atoms with E-state index in [1.165, 1.54) is 57.8 Å². The van der Waals surface area contributed by atoms with Crippen molar-refractivity contribution in [1.29, 1.82) is 0 Å². The van der Waals surface area contributed by atoms with Crippen molar-refractivity contribution >= 4 is 11.8 Å². The molecule has 0 aliphatic rings. The molecule has 0 aliphatic heterocycles. The quantitative estimate of drug-likeness (QED) is 0.155. The van der Waals surface area contributed by atoms with Gasteiger partial charge in [0.05, 0.1) is 6.42 Å². The lowest BCUT2D eigenvalue weighted by Crippen LogP contribution is -2.46. The van der Waals surface area contributed by atoms with E-state index in [0.29, 0.717) is 12.8 Å². The number of aliphatic carboxylic acids is 1. The average molecular weight is 443 g/mol. The Morgan fingerprint density at radius 2 is 1.06 bits per heavy atom. The highest BCUT2D eigenvalue weighted by Gasteiger charge is 2.40. The maximum atomic E-state index is 12.6. The lowest BCUT2D eigenvalue weighted by atomic mass is 9.84. The predicted molar refractivity (Wildman–Crippen MR) is 127 cm³/mol. The molecule has 0 amide bonds. The van der Waals surface area contributed by atoms with Gasteiger partial charge in [-0.1, -0.05) is 123 Å². The number of carbonyl (C=O) groups excluding carboxylic acids is 1. The van der Waals surface area contributed by atoms with Crippen molar-refractivity contribution in [2.75, 3.05) is 0 Å². The molecule has 184 valence electrons. The second kappa shape index (κ2) is 19.7. The standard InChI is InChI=1S/C26H50O5/c1-3-5-7-9-10-11-12-13-14-15-16-18-20-23(27)25(30)26(31,22-24(28)29)21-19-17-8-6-4-2/h23,27,31H,3-22H2,1-2H3,(H,28,29). The molecule has 0 aliphatic carbocycles. The zero-order valence-electron chi connectivity index (χ0n) is 20.4. The van der Waals surface area contributed by atoms with Gasteiger partial charge in [-0.25, -0.2) is 0 Å². The van der Waals surface area contributed by atoms with E-state index in [9.17, 15) is 19.8 Å². The van der Waals surface area contributed by atoms with E-state index < -0.39 is 29.9 Å². The Morgan fingerprint density at radius 3 is 1.48 bits per heavy atom. The fraction of sp³-hybridized carbons (Fsp3) is 0.923. The summed E-state index contributed by atoms with van der Waals surface area (Å²) >= 11 is 0. The molecule has 31 heavy (non-hydrogen) atoms. The first kappa shape index (κ1) is 30.1. The molecule has 0 bridgehead atoms. The van der Waals surface area contributed by atoms with Gasteiger partial charge in [-0.2, -0.15) is 0 Å². The van der Waals surface area contributed by atoms with Crippen LogP contribution in [0.1, 0.15) is 142 Å². The van der Waals surface area contributed by atoms with Crippen molar-refractivity contribution in [3.05, 3.63) is 0 Å². The van der Waals surface area contributed by atoms with Crippen LogP contribution in [0.3, 0.4) is 0 Å². The van der Waals surface area contributed by atoms with Crippen molar-refractivity contribution in [1.82, 2.24) is 0 Å². The van der Waals surface area contributed by atoms with Gasteiger partial charge in [-0.3, -0.25) is 9.59 Å². The minimum Gasteiger partial charge on any atom is -0.481 e. The first-order chi connectivity index (χ1) is 14.9. The molecule has 0 radical (unpaired) electrons. The summed E-state index contributed by atoms with van der Waals surface area (Å²) in [6, 6.07) is 0. The number of hydrogen-bond donors (Lipinski definition) is 3. The van der Waals surface area contributed by atoms with E-state index in [2.05, 4.69) is 13.8 Å². The zero-order chi connectivity index (χ0) is 23.4. The normalized spacial score (nSPS) is 14.3. The summed E-state index contributed by atoms with van der Waals surface area (Å²) in [5, 5.41) is 30.1. The lowest BCUT2D eigenvalue weighted by molar-refractivity contribution is -0.157.